The van der Waals surface area contributed by atoms with E-state index in [1.165, 1.54) is 15.3 Å². The van der Waals surface area contributed by atoms with E-state index in [2.05, 4.69) is 34.6 Å². The predicted octanol–water partition coefficient (Wildman–Crippen LogP) is 5.08. The molecule has 1 atom stereocenters. The van der Waals surface area contributed by atoms with Gasteiger partial charge < -0.3 is 10.0 Å². The van der Waals surface area contributed by atoms with E-state index in [4.69, 9.17) is 11.6 Å². The number of aliphatic carboxylic acids is 1. The minimum absolute atomic E-state index is 0.212. The van der Waals surface area contributed by atoms with Gasteiger partial charge in [0.15, 0.2) is 0 Å². The first-order valence-electron chi connectivity index (χ1n) is 8.08. The maximum atomic E-state index is 11.2. The highest BCUT2D eigenvalue weighted by molar-refractivity contribution is 7.18. The van der Waals surface area contributed by atoms with E-state index in [0.717, 1.165) is 36.7 Å². The van der Waals surface area contributed by atoms with Gasteiger partial charge in [-0.3, -0.25) is 4.79 Å². The number of nitrogens with zero attached hydrogens (tertiary/aromatic N) is 1. The maximum absolute atomic E-state index is 11.2. The van der Waals surface area contributed by atoms with Crippen molar-refractivity contribution >= 4 is 45.8 Å². The van der Waals surface area contributed by atoms with Gasteiger partial charge >= 0.3 is 5.97 Å². The fourth-order valence-electron chi connectivity index (χ4n) is 3.07. The Morgan fingerprint density at radius 2 is 2.25 bits per heavy atom. The first kappa shape index (κ1) is 17.7. The molecule has 0 radical (unpaired) electrons. The molecule has 0 bridgehead atoms. The monoisotopic (exact) mass is 381 g/mol. The summed E-state index contributed by atoms with van der Waals surface area (Å²) in [7, 11) is 0. The molecule has 24 heavy (non-hydrogen) atoms. The van der Waals surface area contributed by atoms with Gasteiger partial charge in [0.1, 0.15) is 0 Å². The molecule has 128 valence electrons. The molecule has 2 aromatic rings. The number of thiophene rings is 2. The number of likely N-dealkylation sites (tertiary alicyclic amines) is 1. The Labute approximate surface area is 155 Å². The van der Waals surface area contributed by atoms with Crippen LogP contribution in [0.25, 0.3) is 5.57 Å². The van der Waals surface area contributed by atoms with Crippen molar-refractivity contribution in [2.45, 2.75) is 19.3 Å². The van der Waals surface area contributed by atoms with E-state index >= 15 is 0 Å². The third kappa shape index (κ3) is 4.48. The summed E-state index contributed by atoms with van der Waals surface area (Å²) in [5.74, 6) is -0.877. The Bertz CT molecular complexity index is 708. The average Bonchev–Trinajstić information content (AvgIpc) is 3.24. The quantitative estimate of drug-likeness (QED) is 0.758. The Morgan fingerprint density at radius 1 is 1.38 bits per heavy atom. The van der Waals surface area contributed by atoms with E-state index in [-0.39, 0.29) is 5.92 Å². The Kier molecular flexibility index (Phi) is 6.11. The largest absolute Gasteiger partial charge is 0.481 e. The molecule has 1 unspecified atom stereocenters. The molecule has 2 aromatic heterocycles. The van der Waals surface area contributed by atoms with Crippen LogP contribution in [0.3, 0.4) is 0 Å². The molecule has 0 amide bonds. The zero-order valence-electron chi connectivity index (χ0n) is 13.3. The molecule has 6 heteroatoms. The van der Waals surface area contributed by atoms with Crippen LogP contribution in [0.2, 0.25) is 4.34 Å². The first-order valence-corrected chi connectivity index (χ1v) is 10.2. The van der Waals surface area contributed by atoms with E-state index in [1.807, 2.05) is 6.07 Å². The van der Waals surface area contributed by atoms with E-state index in [0.29, 0.717) is 6.54 Å². The van der Waals surface area contributed by atoms with Gasteiger partial charge in [-0.2, -0.15) is 0 Å². The van der Waals surface area contributed by atoms with Crippen LogP contribution in [0.5, 0.6) is 0 Å². The Morgan fingerprint density at radius 3 is 2.92 bits per heavy atom. The number of carbonyl (C=O) groups is 1. The smallest absolute Gasteiger partial charge is 0.307 e. The topological polar surface area (TPSA) is 40.5 Å². The molecule has 1 fully saturated rings. The SMILES string of the molecule is O=C(O)C1CCCN(CC/C=C(\c2cccs2)c2ccc(Cl)s2)C1. The Balaban J connectivity index is 1.67. The highest BCUT2D eigenvalue weighted by Gasteiger charge is 2.24. The summed E-state index contributed by atoms with van der Waals surface area (Å²) >= 11 is 9.42. The molecule has 0 spiro atoms. The lowest BCUT2D eigenvalue weighted by Gasteiger charge is -2.30. The van der Waals surface area contributed by atoms with Crippen molar-refractivity contribution in [1.29, 1.82) is 0 Å². The molecule has 3 rings (SSSR count). The molecule has 1 saturated heterocycles. The summed E-state index contributed by atoms with van der Waals surface area (Å²) < 4.78 is 0.799. The van der Waals surface area contributed by atoms with Crippen LogP contribution in [0, 0.1) is 5.92 Å². The van der Waals surface area contributed by atoms with Gasteiger partial charge in [-0.1, -0.05) is 23.7 Å². The molecule has 1 aliphatic rings. The molecule has 3 heterocycles. The van der Waals surface area contributed by atoms with E-state index in [1.54, 1.807) is 22.7 Å². The third-order valence-corrected chi connectivity index (χ3v) is 6.44. The first-order chi connectivity index (χ1) is 11.6. The molecule has 1 N–H and O–H groups in total. The lowest BCUT2D eigenvalue weighted by atomic mass is 9.98. The van der Waals surface area contributed by atoms with Gasteiger partial charge in [-0.05, 0) is 49.4 Å². The van der Waals surface area contributed by atoms with Gasteiger partial charge in [-0.25, -0.2) is 0 Å². The lowest BCUT2D eigenvalue weighted by molar-refractivity contribution is -0.143. The molecular formula is C18H20ClNO2S2. The standard InChI is InChI=1S/C18H20ClNO2S2/c19-17-8-7-16(24-17)14(15-6-3-11-23-15)5-2-10-20-9-1-4-13(12-20)18(21)22/h3,5-8,11,13H,1-2,4,9-10,12H2,(H,21,22)/b14-5+. The normalized spacial score (nSPS) is 19.5. The van der Waals surface area contributed by atoms with Crippen LogP contribution in [0.4, 0.5) is 0 Å². The number of carboxylic acids is 1. The minimum Gasteiger partial charge on any atom is -0.481 e. The number of hydrogen-bond donors (Lipinski definition) is 1. The molecule has 3 nitrogen and oxygen atoms in total. The van der Waals surface area contributed by atoms with E-state index in [9.17, 15) is 9.90 Å². The van der Waals surface area contributed by atoms with Crippen LogP contribution in [0.1, 0.15) is 29.0 Å². The summed E-state index contributed by atoms with van der Waals surface area (Å²) in [5.41, 5.74) is 1.23. The van der Waals surface area contributed by atoms with Gasteiger partial charge in [0.05, 0.1) is 10.3 Å². The average molecular weight is 382 g/mol. The van der Waals surface area contributed by atoms with Crippen LogP contribution in [-0.4, -0.2) is 35.6 Å². The van der Waals surface area contributed by atoms with Gasteiger partial charge in [0, 0.05) is 28.4 Å². The number of carboxylic acid groups (broad SMARTS) is 1. The second kappa shape index (κ2) is 8.30. The fraction of sp³-hybridized carbons (Fsp3) is 0.389. The second-order valence-corrected chi connectivity index (χ2v) is 8.63. The van der Waals surface area contributed by atoms with Crippen LogP contribution < -0.4 is 0 Å². The van der Waals surface area contributed by atoms with Crippen molar-refractivity contribution in [1.82, 2.24) is 4.90 Å². The highest BCUT2D eigenvalue weighted by Crippen LogP contribution is 2.34. The van der Waals surface area contributed by atoms with Gasteiger partial charge in [0.2, 0.25) is 0 Å². The number of hydrogen-bond acceptors (Lipinski definition) is 4. The van der Waals surface area contributed by atoms with Gasteiger partial charge in [-0.15, -0.1) is 22.7 Å². The zero-order valence-corrected chi connectivity index (χ0v) is 15.7. The highest BCUT2D eigenvalue weighted by atomic mass is 35.5. The van der Waals surface area contributed by atoms with Gasteiger partial charge in [0.25, 0.3) is 0 Å². The zero-order chi connectivity index (χ0) is 16.9. The number of rotatable bonds is 6. The number of piperidine rings is 1. The van der Waals surface area contributed by atoms with Crippen molar-refractivity contribution in [3.05, 3.63) is 49.8 Å². The van der Waals surface area contributed by atoms with Crippen molar-refractivity contribution in [3.63, 3.8) is 0 Å². The summed E-state index contributed by atoms with van der Waals surface area (Å²) in [5, 5.41) is 11.3. The maximum Gasteiger partial charge on any atom is 0.307 e. The lowest BCUT2D eigenvalue weighted by Crippen LogP contribution is -2.39. The minimum atomic E-state index is -0.664. The van der Waals surface area contributed by atoms with Crippen LogP contribution in [0.15, 0.2) is 35.7 Å². The van der Waals surface area contributed by atoms with E-state index < -0.39 is 5.97 Å². The molecule has 0 saturated carbocycles. The van der Waals surface area contributed by atoms with Crippen molar-refractivity contribution < 1.29 is 9.90 Å². The predicted molar refractivity (Wildman–Crippen MR) is 102 cm³/mol. The summed E-state index contributed by atoms with van der Waals surface area (Å²) in [4.78, 5) is 15.9. The Hall–Kier alpha value is -1.14. The fourth-order valence-corrected chi connectivity index (χ4v) is 5.01. The van der Waals surface area contributed by atoms with Crippen molar-refractivity contribution in [2.75, 3.05) is 19.6 Å². The molecule has 0 aromatic carbocycles. The third-order valence-electron chi connectivity index (χ3n) is 4.27. The second-order valence-electron chi connectivity index (χ2n) is 5.97. The summed E-state index contributed by atoms with van der Waals surface area (Å²) in [6.45, 7) is 2.57. The van der Waals surface area contributed by atoms with Crippen molar-refractivity contribution in [2.24, 2.45) is 5.92 Å². The van der Waals surface area contributed by atoms with Crippen LogP contribution >= 0.6 is 34.3 Å². The van der Waals surface area contributed by atoms with Crippen LogP contribution in [-0.2, 0) is 4.79 Å². The molecular weight excluding hydrogens is 362 g/mol. The summed E-state index contributed by atoms with van der Waals surface area (Å²) in [6, 6.07) is 8.20. The number of halogens is 1. The molecule has 1 aliphatic heterocycles. The van der Waals surface area contributed by atoms with Crippen molar-refractivity contribution in [3.8, 4) is 0 Å². The summed E-state index contributed by atoms with van der Waals surface area (Å²) in [6.07, 6.45) is 4.95. The molecule has 0 aliphatic carbocycles.